The lowest BCUT2D eigenvalue weighted by Crippen LogP contribution is -2.42. The number of rotatable bonds is 7. The van der Waals surface area contributed by atoms with Crippen molar-refractivity contribution in [1.29, 1.82) is 0 Å². The van der Waals surface area contributed by atoms with E-state index in [0.717, 1.165) is 18.4 Å². The van der Waals surface area contributed by atoms with Gasteiger partial charge in [0.15, 0.2) is 0 Å². The predicted molar refractivity (Wildman–Crippen MR) is 108 cm³/mol. The van der Waals surface area contributed by atoms with Crippen LogP contribution in [0.2, 0.25) is 0 Å². The first-order valence-corrected chi connectivity index (χ1v) is 9.24. The van der Waals surface area contributed by atoms with Crippen molar-refractivity contribution in [2.24, 2.45) is 0 Å². The van der Waals surface area contributed by atoms with Gasteiger partial charge in [-0.2, -0.15) is 0 Å². The minimum atomic E-state index is -0.886. The van der Waals surface area contributed by atoms with E-state index in [1.165, 1.54) is 21.9 Å². The summed E-state index contributed by atoms with van der Waals surface area (Å²) in [6.45, 7) is 16.0. The van der Waals surface area contributed by atoms with Gasteiger partial charge in [-0.1, -0.05) is 62.4 Å². The molecule has 0 aliphatic carbocycles. The third-order valence-corrected chi connectivity index (χ3v) is 5.41. The monoisotopic (exact) mass is 340 g/mol. The zero-order valence-corrected chi connectivity index (χ0v) is 16.5. The zero-order valence-electron chi connectivity index (χ0n) is 16.5. The summed E-state index contributed by atoms with van der Waals surface area (Å²) in [6, 6.07) is 12.8. The maximum Gasteiger partial charge on any atom is 0.0937 e. The highest BCUT2D eigenvalue weighted by Crippen LogP contribution is 2.40. The molecule has 2 nitrogen and oxygen atoms in total. The molecule has 0 fully saturated rings. The summed E-state index contributed by atoms with van der Waals surface area (Å²) in [5.74, 6) is 0. The molecule has 0 heterocycles. The fourth-order valence-electron chi connectivity index (χ4n) is 3.42. The molecule has 0 aliphatic rings. The van der Waals surface area contributed by atoms with Crippen LogP contribution in [0.4, 0.5) is 0 Å². The number of ether oxygens (including phenoxy) is 1. The van der Waals surface area contributed by atoms with Crippen molar-refractivity contribution in [2.75, 3.05) is 0 Å². The van der Waals surface area contributed by atoms with Crippen LogP contribution in [0.3, 0.4) is 0 Å². The Bertz CT molecular complexity index is 748. The minimum Gasteiger partial charge on any atom is -0.388 e. The van der Waals surface area contributed by atoms with Crippen molar-refractivity contribution in [1.82, 2.24) is 0 Å². The van der Waals surface area contributed by atoms with Crippen LogP contribution in [-0.2, 0) is 10.3 Å². The van der Waals surface area contributed by atoms with E-state index in [4.69, 9.17) is 4.74 Å². The van der Waals surface area contributed by atoms with Gasteiger partial charge in [-0.25, -0.2) is 0 Å². The summed E-state index contributed by atoms with van der Waals surface area (Å²) in [4.78, 5) is 0. The first-order chi connectivity index (χ1) is 11.7. The molecular weight excluding hydrogens is 308 g/mol. The summed E-state index contributed by atoms with van der Waals surface area (Å²) < 4.78 is 6.52. The van der Waals surface area contributed by atoms with E-state index in [1.807, 2.05) is 13.8 Å². The number of aliphatic hydroxyl groups is 1. The second-order valence-corrected chi connectivity index (χ2v) is 7.60. The standard InChI is InChI=1S/C23H32O2/c1-8-23(9-2,25-17(5)22(6,7)24)21-15-11-13-19-18(16(3)4)12-10-14-20(19)21/h10-15,17,24H,3,8-9H2,1-2,4-7H3. The molecule has 2 aromatic rings. The van der Waals surface area contributed by atoms with Crippen LogP contribution >= 0.6 is 0 Å². The van der Waals surface area contributed by atoms with Crippen molar-refractivity contribution in [3.63, 3.8) is 0 Å². The van der Waals surface area contributed by atoms with Crippen molar-refractivity contribution in [3.8, 4) is 0 Å². The quantitative estimate of drug-likeness (QED) is 0.663. The number of benzene rings is 2. The van der Waals surface area contributed by atoms with Crippen LogP contribution in [0.25, 0.3) is 16.3 Å². The van der Waals surface area contributed by atoms with E-state index in [-0.39, 0.29) is 6.10 Å². The van der Waals surface area contributed by atoms with E-state index in [2.05, 4.69) is 56.8 Å². The van der Waals surface area contributed by atoms with Crippen molar-refractivity contribution < 1.29 is 9.84 Å². The Morgan fingerprint density at radius 3 is 2.16 bits per heavy atom. The molecule has 2 rings (SSSR count). The Kier molecular flexibility index (Phi) is 5.75. The Labute approximate surface area is 152 Å². The summed E-state index contributed by atoms with van der Waals surface area (Å²) in [7, 11) is 0. The first-order valence-electron chi connectivity index (χ1n) is 9.24. The second-order valence-electron chi connectivity index (χ2n) is 7.60. The molecular formula is C23H32O2. The number of fused-ring (bicyclic) bond motifs is 1. The first kappa shape index (κ1) is 19.7. The third kappa shape index (κ3) is 3.80. The van der Waals surface area contributed by atoms with E-state index < -0.39 is 11.2 Å². The molecule has 25 heavy (non-hydrogen) atoms. The molecule has 0 saturated carbocycles. The fraction of sp³-hybridized carbons (Fsp3) is 0.478. The third-order valence-electron chi connectivity index (χ3n) is 5.41. The van der Waals surface area contributed by atoms with E-state index in [1.54, 1.807) is 13.8 Å². The molecule has 0 radical (unpaired) electrons. The normalized spacial score (nSPS) is 13.9. The van der Waals surface area contributed by atoms with Crippen LogP contribution in [0.5, 0.6) is 0 Å². The highest BCUT2D eigenvalue weighted by molar-refractivity contribution is 5.95. The Morgan fingerprint density at radius 1 is 1.08 bits per heavy atom. The number of hydrogen-bond acceptors (Lipinski definition) is 2. The molecule has 0 bridgehead atoms. The van der Waals surface area contributed by atoms with Crippen LogP contribution in [0.1, 0.15) is 65.5 Å². The van der Waals surface area contributed by atoms with Crippen LogP contribution in [0, 0.1) is 0 Å². The SMILES string of the molecule is C=C(C)c1cccc2c(C(CC)(CC)OC(C)C(C)(C)O)cccc12. The Morgan fingerprint density at radius 2 is 1.64 bits per heavy atom. The topological polar surface area (TPSA) is 29.5 Å². The second kappa shape index (κ2) is 7.31. The van der Waals surface area contributed by atoms with Gasteiger partial charge >= 0.3 is 0 Å². The molecule has 0 amide bonds. The molecule has 0 aromatic heterocycles. The number of allylic oxidation sites excluding steroid dienone is 1. The summed E-state index contributed by atoms with van der Waals surface area (Å²) in [6.07, 6.45) is 1.42. The van der Waals surface area contributed by atoms with Crippen LogP contribution < -0.4 is 0 Å². The lowest BCUT2D eigenvalue weighted by molar-refractivity contribution is -0.163. The lowest BCUT2D eigenvalue weighted by atomic mass is 9.83. The molecule has 0 saturated heterocycles. The summed E-state index contributed by atoms with van der Waals surface area (Å²) in [5.41, 5.74) is 2.12. The highest BCUT2D eigenvalue weighted by Gasteiger charge is 2.36. The van der Waals surface area contributed by atoms with Gasteiger partial charge in [-0.05, 0) is 62.4 Å². The highest BCUT2D eigenvalue weighted by atomic mass is 16.5. The van der Waals surface area contributed by atoms with Crippen molar-refractivity contribution in [2.45, 2.75) is 71.7 Å². The molecule has 2 aromatic carbocycles. The van der Waals surface area contributed by atoms with Gasteiger partial charge in [-0.3, -0.25) is 0 Å². The van der Waals surface area contributed by atoms with Gasteiger partial charge in [0.2, 0.25) is 0 Å². The Balaban J connectivity index is 2.67. The van der Waals surface area contributed by atoms with E-state index in [9.17, 15) is 5.11 Å². The zero-order chi connectivity index (χ0) is 18.8. The molecule has 1 N–H and O–H groups in total. The maximum absolute atomic E-state index is 10.4. The average Bonchev–Trinajstić information content (AvgIpc) is 2.57. The fourth-order valence-corrected chi connectivity index (χ4v) is 3.42. The van der Waals surface area contributed by atoms with Gasteiger partial charge in [0.1, 0.15) is 0 Å². The van der Waals surface area contributed by atoms with Gasteiger partial charge in [0.25, 0.3) is 0 Å². The minimum absolute atomic E-state index is 0.271. The van der Waals surface area contributed by atoms with Crippen LogP contribution in [-0.4, -0.2) is 16.8 Å². The van der Waals surface area contributed by atoms with E-state index >= 15 is 0 Å². The largest absolute Gasteiger partial charge is 0.388 e. The smallest absolute Gasteiger partial charge is 0.0937 e. The Hall–Kier alpha value is -1.64. The maximum atomic E-state index is 10.4. The van der Waals surface area contributed by atoms with Gasteiger partial charge in [0, 0.05) is 0 Å². The number of hydrogen-bond donors (Lipinski definition) is 1. The van der Waals surface area contributed by atoms with Crippen LogP contribution in [0.15, 0.2) is 43.0 Å². The molecule has 1 unspecified atom stereocenters. The summed E-state index contributed by atoms with van der Waals surface area (Å²) >= 11 is 0. The van der Waals surface area contributed by atoms with Gasteiger partial charge < -0.3 is 9.84 Å². The average molecular weight is 341 g/mol. The summed E-state index contributed by atoms with van der Waals surface area (Å²) in [5, 5.41) is 12.8. The van der Waals surface area contributed by atoms with E-state index in [0.29, 0.717) is 0 Å². The molecule has 136 valence electrons. The molecule has 2 heteroatoms. The molecule has 0 spiro atoms. The predicted octanol–water partition coefficient (Wildman–Crippen LogP) is 6.06. The van der Waals surface area contributed by atoms with Crippen molar-refractivity contribution >= 4 is 16.3 Å². The molecule has 0 aliphatic heterocycles. The molecule has 1 atom stereocenters. The van der Waals surface area contributed by atoms with Crippen molar-refractivity contribution in [3.05, 3.63) is 54.1 Å². The van der Waals surface area contributed by atoms with Gasteiger partial charge in [-0.15, -0.1) is 0 Å². The van der Waals surface area contributed by atoms with Gasteiger partial charge in [0.05, 0.1) is 17.3 Å². The lowest BCUT2D eigenvalue weighted by Gasteiger charge is -2.40.